The molecule has 0 saturated heterocycles. The zero-order valence-electron chi connectivity index (χ0n) is 11.4. The summed E-state index contributed by atoms with van der Waals surface area (Å²) in [6.07, 6.45) is 3.01. The first-order chi connectivity index (χ1) is 9.88. The van der Waals surface area contributed by atoms with Gasteiger partial charge in [0.05, 0.1) is 11.8 Å². The summed E-state index contributed by atoms with van der Waals surface area (Å²) in [5.74, 6) is -2.30. The Kier molecular flexibility index (Phi) is 4.66. The van der Waals surface area contributed by atoms with Crippen molar-refractivity contribution in [3.8, 4) is 0 Å². The Morgan fingerprint density at radius 1 is 1.29 bits per heavy atom. The monoisotopic (exact) mass is 315 g/mol. The molecule has 1 aliphatic rings. The second-order valence-corrected chi connectivity index (χ2v) is 7.34. The minimum absolute atomic E-state index is 0.0354. The lowest BCUT2D eigenvalue weighted by Gasteiger charge is -2.10. The Morgan fingerprint density at radius 3 is 2.52 bits per heavy atom. The van der Waals surface area contributed by atoms with Crippen LogP contribution >= 0.6 is 0 Å². The van der Waals surface area contributed by atoms with Gasteiger partial charge in [0, 0.05) is 0 Å². The molecule has 1 heterocycles. The van der Waals surface area contributed by atoms with Crippen molar-refractivity contribution in [1.29, 1.82) is 0 Å². The zero-order chi connectivity index (χ0) is 15.5. The van der Waals surface area contributed by atoms with Gasteiger partial charge in [0.2, 0.25) is 11.7 Å². The van der Waals surface area contributed by atoms with E-state index in [1.807, 2.05) is 0 Å². The van der Waals surface area contributed by atoms with Crippen LogP contribution in [0.3, 0.4) is 0 Å². The van der Waals surface area contributed by atoms with E-state index in [1.54, 1.807) is 0 Å². The van der Waals surface area contributed by atoms with Crippen molar-refractivity contribution in [1.82, 2.24) is 5.32 Å². The van der Waals surface area contributed by atoms with E-state index in [4.69, 9.17) is 9.52 Å². The standard InChI is InChI=1S/C13H17NO6S/c15-12(8-21(18,19)10-3-1-2-4-10)14-7-9-5-6-11(20-9)13(16)17/h5-6,10H,1-4,7-8H2,(H,14,15)(H,16,17). The molecule has 1 aliphatic carbocycles. The topological polar surface area (TPSA) is 114 Å². The van der Waals surface area contributed by atoms with Gasteiger partial charge in [0.1, 0.15) is 11.5 Å². The van der Waals surface area contributed by atoms with Gasteiger partial charge in [0.25, 0.3) is 0 Å². The van der Waals surface area contributed by atoms with E-state index in [1.165, 1.54) is 12.1 Å². The number of rotatable bonds is 6. The average molecular weight is 315 g/mol. The summed E-state index contributed by atoms with van der Waals surface area (Å²) in [6.45, 7) is -0.0354. The first kappa shape index (κ1) is 15.6. The molecule has 116 valence electrons. The number of carbonyl (C=O) groups is 2. The number of hydrogen-bond donors (Lipinski definition) is 2. The van der Waals surface area contributed by atoms with Crippen LogP contribution in [0.15, 0.2) is 16.5 Å². The first-order valence-electron chi connectivity index (χ1n) is 6.69. The molecule has 2 N–H and O–H groups in total. The van der Waals surface area contributed by atoms with Crippen molar-refractivity contribution < 1.29 is 27.5 Å². The van der Waals surface area contributed by atoms with Gasteiger partial charge in [-0.1, -0.05) is 12.8 Å². The Hall–Kier alpha value is -1.83. The van der Waals surface area contributed by atoms with Gasteiger partial charge in [-0.25, -0.2) is 13.2 Å². The minimum Gasteiger partial charge on any atom is -0.475 e. The molecule has 21 heavy (non-hydrogen) atoms. The van der Waals surface area contributed by atoms with Crippen molar-refractivity contribution in [2.75, 3.05) is 5.75 Å². The second-order valence-electron chi connectivity index (χ2n) is 5.06. The van der Waals surface area contributed by atoms with Crippen molar-refractivity contribution in [3.63, 3.8) is 0 Å². The van der Waals surface area contributed by atoms with E-state index in [0.717, 1.165) is 12.8 Å². The number of furan rings is 1. The molecular formula is C13H17NO6S. The van der Waals surface area contributed by atoms with Gasteiger partial charge in [0.15, 0.2) is 9.84 Å². The molecule has 7 nitrogen and oxygen atoms in total. The van der Waals surface area contributed by atoms with E-state index in [9.17, 15) is 18.0 Å². The fourth-order valence-electron chi connectivity index (χ4n) is 2.37. The smallest absolute Gasteiger partial charge is 0.371 e. The van der Waals surface area contributed by atoms with Crippen LogP contribution in [0.1, 0.15) is 42.0 Å². The summed E-state index contributed by atoms with van der Waals surface area (Å²) in [6, 6.07) is 2.70. The van der Waals surface area contributed by atoms with E-state index in [2.05, 4.69) is 5.32 Å². The number of amides is 1. The van der Waals surface area contributed by atoms with Crippen LogP contribution in [0.25, 0.3) is 0 Å². The average Bonchev–Trinajstić information content (AvgIpc) is 3.07. The molecule has 0 atom stereocenters. The second kappa shape index (κ2) is 6.30. The van der Waals surface area contributed by atoms with Crippen LogP contribution in [-0.2, 0) is 21.2 Å². The molecule has 0 radical (unpaired) electrons. The predicted molar refractivity (Wildman–Crippen MR) is 73.6 cm³/mol. The highest BCUT2D eigenvalue weighted by Crippen LogP contribution is 2.25. The van der Waals surface area contributed by atoms with Gasteiger partial charge in [-0.3, -0.25) is 4.79 Å². The van der Waals surface area contributed by atoms with Crippen LogP contribution in [0.2, 0.25) is 0 Å². The Balaban J connectivity index is 1.85. The Morgan fingerprint density at radius 2 is 1.95 bits per heavy atom. The summed E-state index contributed by atoms with van der Waals surface area (Å²) in [5, 5.41) is 10.7. The van der Waals surface area contributed by atoms with Gasteiger partial charge in [-0.2, -0.15) is 0 Å². The Bertz CT molecular complexity index is 627. The van der Waals surface area contributed by atoms with E-state index >= 15 is 0 Å². The molecule has 0 spiro atoms. The largest absolute Gasteiger partial charge is 0.475 e. The van der Waals surface area contributed by atoms with Crippen molar-refractivity contribution in [3.05, 3.63) is 23.7 Å². The molecule has 1 aromatic heterocycles. The van der Waals surface area contributed by atoms with Crippen LogP contribution in [0.4, 0.5) is 0 Å². The number of aromatic carboxylic acids is 1. The molecule has 0 bridgehead atoms. The lowest BCUT2D eigenvalue weighted by atomic mass is 10.4. The first-order valence-corrected chi connectivity index (χ1v) is 8.40. The molecular weight excluding hydrogens is 298 g/mol. The van der Waals surface area contributed by atoms with E-state index < -0.39 is 32.7 Å². The van der Waals surface area contributed by atoms with Crippen LogP contribution in [0, 0.1) is 0 Å². The molecule has 1 fully saturated rings. The molecule has 1 amide bonds. The summed E-state index contributed by atoms with van der Waals surface area (Å²) < 4.78 is 28.9. The SMILES string of the molecule is O=C(CS(=O)(=O)C1CCCC1)NCc1ccc(C(=O)O)o1. The van der Waals surface area contributed by atoms with Gasteiger partial charge < -0.3 is 14.8 Å². The number of carbonyl (C=O) groups excluding carboxylic acids is 1. The maximum atomic E-state index is 12.0. The fourth-order valence-corrected chi connectivity index (χ4v) is 4.13. The van der Waals surface area contributed by atoms with E-state index in [0.29, 0.717) is 12.8 Å². The highest BCUT2D eigenvalue weighted by atomic mass is 32.2. The number of carboxylic acid groups (broad SMARTS) is 1. The molecule has 1 aromatic rings. The predicted octanol–water partition coefficient (Wildman–Crippen LogP) is 0.951. The quantitative estimate of drug-likeness (QED) is 0.808. The third kappa shape index (κ3) is 4.07. The maximum Gasteiger partial charge on any atom is 0.371 e. The Labute approximate surface area is 122 Å². The highest BCUT2D eigenvalue weighted by Gasteiger charge is 2.30. The van der Waals surface area contributed by atoms with Gasteiger partial charge >= 0.3 is 5.97 Å². The minimum atomic E-state index is -3.41. The number of nitrogens with one attached hydrogen (secondary N) is 1. The highest BCUT2D eigenvalue weighted by molar-refractivity contribution is 7.92. The lowest BCUT2D eigenvalue weighted by Crippen LogP contribution is -2.33. The van der Waals surface area contributed by atoms with Gasteiger partial charge in [-0.05, 0) is 25.0 Å². The molecule has 0 aromatic carbocycles. The van der Waals surface area contributed by atoms with Gasteiger partial charge in [-0.15, -0.1) is 0 Å². The summed E-state index contributed by atoms with van der Waals surface area (Å²) in [4.78, 5) is 22.3. The van der Waals surface area contributed by atoms with Crippen molar-refractivity contribution in [2.45, 2.75) is 37.5 Å². The molecule has 8 heteroatoms. The van der Waals surface area contributed by atoms with E-state index in [-0.39, 0.29) is 18.1 Å². The van der Waals surface area contributed by atoms with Crippen molar-refractivity contribution in [2.24, 2.45) is 0 Å². The number of hydrogen-bond acceptors (Lipinski definition) is 5. The zero-order valence-corrected chi connectivity index (χ0v) is 12.2. The molecule has 0 unspecified atom stereocenters. The van der Waals surface area contributed by atoms with Crippen LogP contribution in [-0.4, -0.2) is 36.4 Å². The number of carboxylic acids is 1. The molecule has 2 rings (SSSR count). The maximum absolute atomic E-state index is 12.0. The fraction of sp³-hybridized carbons (Fsp3) is 0.538. The summed E-state index contributed by atoms with van der Waals surface area (Å²) in [7, 11) is -3.41. The summed E-state index contributed by atoms with van der Waals surface area (Å²) in [5.41, 5.74) is 0. The molecule has 1 saturated carbocycles. The third-order valence-electron chi connectivity index (χ3n) is 3.47. The number of sulfone groups is 1. The van der Waals surface area contributed by atoms with Crippen molar-refractivity contribution >= 4 is 21.7 Å². The normalized spacial score (nSPS) is 16.0. The van der Waals surface area contributed by atoms with Crippen LogP contribution < -0.4 is 5.32 Å². The molecule has 0 aliphatic heterocycles. The lowest BCUT2D eigenvalue weighted by molar-refractivity contribution is -0.118. The summed E-state index contributed by atoms with van der Waals surface area (Å²) >= 11 is 0. The van der Waals surface area contributed by atoms with Crippen LogP contribution in [0.5, 0.6) is 0 Å². The third-order valence-corrected chi connectivity index (χ3v) is 5.63.